The van der Waals surface area contributed by atoms with Crippen molar-refractivity contribution in [2.45, 2.75) is 32.2 Å². The van der Waals surface area contributed by atoms with Gasteiger partial charge < -0.3 is 20.1 Å². The van der Waals surface area contributed by atoms with Crippen molar-refractivity contribution in [3.8, 4) is 11.5 Å². The highest BCUT2D eigenvalue weighted by atomic mass is 35.5. The second kappa shape index (κ2) is 8.06. The van der Waals surface area contributed by atoms with Crippen molar-refractivity contribution in [1.82, 2.24) is 10.6 Å². The maximum absolute atomic E-state index is 12.4. The monoisotopic (exact) mass is 340 g/mol. The highest BCUT2D eigenvalue weighted by molar-refractivity contribution is 6.32. The Morgan fingerprint density at radius 1 is 1.43 bits per heavy atom. The lowest BCUT2D eigenvalue weighted by molar-refractivity contribution is -0.122. The number of rotatable bonds is 5. The maximum atomic E-state index is 12.4. The molecule has 1 atom stereocenters. The molecule has 1 aliphatic heterocycles. The lowest BCUT2D eigenvalue weighted by Gasteiger charge is -2.17. The lowest BCUT2D eigenvalue weighted by Crippen LogP contribution is -2.45. The second-order valence-corrected chi connectivity index (χ2v) is 5.64. The van der Waals surface area contributed by atoms with E-state index in [0.29, 0.717) is 41.7 Å². The van der Waals surface area contributed by atoms with Crippen LogP contribution in [0.3, 0.4) is 0 Å². The first-order chi connectivity index (χ1) is 11.1. The van der Waals surface area contributed by atoms with Gasteiger partial charge in [-0.1, -0.05) is 11.6 Å². The van der Waals surface area contributed by atoms with E-state index < -0.39 is 6.04 Å². The molecule has 1 heterocycles. The van der Waals surface area contributed by atoms with Crippen molar-refractivity contribution in [1.29, 1.82) is 0 Å². The average Bonchev–Trinajstić information content (AvgIpc) is 2.74. The van der Waals surface area contributed by atoms with Gasteiger partial charge in [-0.25, -0.2) is 0 Å². The van der Waals surface area contributed by atoms with Crippen molar-refractivity contribution in [2.75, 3.05) is 20.3 Å². The van der Waals surface area contributed by atoms with Crippen molar-refractivity contribution in [3.63, 3.8) is 0 Å². The van der Waals surface area contributed by atoms with E-state index in [-0.39, 0.29) is 11.8 Å². The Kier molecular flexibility index (Phi) is 6.10. The molecule has 2 amide bonds. The van der Waals surface area contributed by atoms with Gasteiger partial charge in [-0.15, -0.1) is 0 Å². The third kappa shape index (κ3) is 4.28. The van der Waals surface area contributed by atoms with Crippen molar-refractivity contribution in [2.24, 2.45) is 0 Å². The molecule has 1 aromatic rings. The third-order valence-corrected chi connectivity index (χ3v) is 3.90. The predicted molar refractivity (Wildman–Crippen MR) is 87.3 cm³/mol. The van der Waals surface area contributed by atoms with Crippen molar-refractivity contribution < 1.29 is 19.1 Å². The summed E-state index contributed by atoms with van der Waals surface area (Å²) in [6, 6.07) is 2.54. The molecular formula is C16H21ClN2O4. The summed E-state index contributed by atoms with van der Waals surface area (Å²) in [7, 11) is 1.48. The van der Waals surface area contributed by atoms with Crippen LogP contribution in [0.5, 0.6) is 11.5 Å². The predicted octanol–water partition coefficient (Wildman–Crippen LogP) is 2.15. The molecule has 126 valence electrons. The summed E-state index contributed by atoms with van der Waals surface area (Å²) in [5, 5.41) is 5.83. The van der Waals surface area contributed by atoms with E-state index in [1.54, 1.807) is 6.07 Å². The van der Waals surface area contributed by atoms with Crippen LogP contribution in [-0.4, -0.2) is 38.1 Å². The molecule has 0 aliphatic carbocycles. The number of methoxy groups -OCH3 is 1. The number of ether oxygens (including phenoxy) is 2. The quantitative estimate of drug-likeness (QED) is 0.861. The Balaban J connectivity index is 2.18. The Bertz CT molecular complexity index is 592. The lowest BCUT2D eigenvalue weighted by atomic mass is 10.1. The largest absolute Gasteiger partial charge is 0.493 e. The number of amides is 2. The minimum atomic E-state index is -0.527. The Hall–Kier alpha value is -1.95. The molecule has 6 nitrogen and oxygen atoms in total. The van der Waals surface area contributed by atoms with Gasteiger partial charge in [0.05, 0.1) is 18.7 Å². The van der Waals surface area contributed by atoms with Gasteiger partial charge in [-0.05, 0) is 38.3 Å². The van der Waals surface area contributed by atoms with Gasteiger partial charge >= 0.3 is 0 Å². The Morgan fingerprint density at radius 3 is 2.91 bits per heavy atom. The molecule has 1 aliphatic rings. The minimum Gasteiger partial charge on any atom is -0.493 e. The van der Waals surface area contributed by atoms with E-state index in [1.807, 2.05) is 6.92 Å². The van der Waals surface area contributed by atoms with E-state index >= 15 is 0 Å². The molecule has 1 saturated heterocycles. The van der Waals surface area contributed by atoms with Crippen LogP contribution in [0.1, 0.15) is 36.5 Å². The number of carbonyl (C=O) groups is 2. The number of benzene rings is 1. The molecule has 0 aromatic heterocycles. The van der Waals surface area contributed by atoms with Crippen molar-refractivity contribution >= 4 is 23.4 Å². The van der Waals surface area contributed by atoms with Crippen LogP contribution >= 0.6 is 11.6 Å². The SMILES string of the molecule is CCOc1c(Cl)cc(C(=O)NC2CCCCNC2=O)cc1OC. The van der Waals surface area contributed by atoms with E-state index in [4.69, 9.17) is 21.1 Å². The topological polar surface area (TPSA) is 76.7 Å². The number of halogens is 1. The first-order valence-corrected chi connectivity index (χ1v) is 8.03. The number of nitrogens with one attached hydrogen (secondary N) is 2. The summed E-state index contributed by atoms with van der Waals surface area (Å²) in [6.45, 7) is 2.92. The van der Waals surface area contributed by atoms with Crippen LogP contribution in [0.25, 0.3) is 0 Å². The molecule has 0 radical (unpaired) electrons. The zero-order valence-corrected chi connectivity index (χ0v) is 14.0. The zero-order chi connectivity index (χ0) is 16.8. The molecule has 23 heavy (non-hydrogen) atoms. The first kappa shape index (κ1) is 17.4. The average molecular weight is 341 g/mol. The number of hydrogen-bond donors (Lipinski definition) is 2. The standard InChI is InChI=1S/C16H21ClN2O4/c1-3-23-14-11(17)8-10(9-13(14)22-2)15(20)19-12-6-4-5-7-18-16(12)21/h8-9,12H,3-7H2,1-2H3,(H,18,21)(H,19,20). The van der Waals surface area contributed by atoms with Crippen molar-refractivity contribution in [3.05, 3.63) is 22.7 Å². The molecule has 0 saturated carbocycles. The second-order valence-electron chi connectivity index (χ2n) is 5.24. The number of hydrogen-bond acceptors (Lipinski definition) is 4. The molecule has 7 heteroatoms. The minimum absolute atomic E-state index is 0.153. The fourth-order valence-electron chi connectivity index (χ4n) is 2.45. The summed E-state index contributed by atoms with van der Waals surface area (Å²) in [4.78, 5) is 24.3. The van der Waals surface area contributed by atoms with Gasteiger partial charge in [-0.2, -0.15) is 0 Å². The van der Waals surface area contributed by atoms with Gasteiger partial charge in [0.1, 0.15) is 6.04 Å². The molecular weight excluding hydrogens is 320 g/mol. The van der Waals surface area contributed by atoms with Crippen LogP contribution in [0, 0.1) is 0 Å². The summed E-state index contributed by atoms with van der Waals surface area (Å²) in [5.74, 6) is 0.269. The summed E-state index contributed by atoms with van der Waals surface area (Å²) >= 11 is 6.17. The molecule has 0 spiro atoms. The van der Waals surface area contributed by atoms with Gasteiger partial charge in [0.15, 0.2) is 11.5 Å². The summed E-state index contributed by atoms with van der Waals surface area (Å²) in [6.07, 6.45) is 2.43. The van der Waals surface area contributed by atoms with Crippen LogP contribution in [0.4, 0.5) is 0 Å². The smallest absolute Gasteiger partial charge is 0.252 e. The van der Waals surface area contributed by atoms with Crippen LogP contribution in [0.2, 0.25) is 5.02 Å². The molecule has 2 rings (SSSR count). The van der Waals surface area contributed by atoms with E-state index in [1.165, 1.54) is 13.2 Å². The Labute approximate surface area is 140 Å². The summed E-state index contributed by atoms with van der Waals surface area (Å²) < 4.78 is 10.7. The van der Waals surface area contributed by atoms with Crippen LogP contribution < -0.4 is 20.1 Å². The molecule has 1 aromatic carbocycles. The maximum Gasteiger partial charge on any atom is 0.252 e. The highest BCUT2D eigenvalue weighted by Crippen LogP contribution is 2.36. The molecule has 1 unspecified atom stereocenters. The summed E-state index contributed by atoms with van der Waals surface area (Å²) in [5.41, 5.74) is 0.326. The van der Waals surface area contributed by atoms with Crippen LogP contribution in [-0.2, 0) is 4.79 Å². The number of carbonyl (C=O) groups excluding carboxylic acids is 2. The normalized spacial score (nSPS) is 17.9. The zero-order valence-electron chi connectivity index (χ0n) is 13.3. The molecule has 2 N–H and O–H groups in total. The first-order valence-electron chi connectivity index (χ1n) is 7.65. The fourth-order valence-corrected chi connectivity index (χ4v) is 2.72. The van der Waals surface area contributed by atoms with Crippen LogP contribution in [0.15, 0.2) is 12.1 Å². The van der Waals surface area contributed by atoms with E-state index in [2.05, 4.69) is 10.6 Å². The van der Waals surface area contributed by atoms with E-state index in [0.717, 1.165) is 12.8 Å². The molecule has 0 bridgehead atoms. The van der Waals surface area contributed by atoms with Gasteiger partial charge in [0, 0.05) is 12.1 Å². The van der Waals surface area contributed by atoms with Gasteiger partial charge in [0.2, 0.25) is 5.91 Å². The molecule has 1 fully saturated rings. The highest BCUT2D eigenvalue weighted by Gasteiger charge is 2.24. The fraction of sp³-hybridized carbons (Fsp3) is 0.500. The van der Waals surface area contributed by atoms with Gasteiger partial charge in [-0.3, -0.25) is 9.59 Å². The third-order valence-electron chi connectivity index (χ3n) is 3.62. The van der Waals surface area contributed by atoms with Gasteiger partial charge in [0.25, 0.3) is 5.91 Å². The Morgan fingerprint density at radius 2 is 2.22 bits per heavy atom. The van der Waals surface area contributed by atoms with E-state index in [9.17, 15) is 9.59 Å².